The van der Waals surface area contributed by atoms with Gasteiger partial charge in [0.05, 0.1) is 22.9 Å². The highest BCUT2D eigenvalue weighted by Gasteiger charge is 2.49. The Labute approximate surface area is 113 Å². The summed E-state index contributed by atoms with van der Waals surface area (Å²) in [7, 11) is 1.94. The van der Waals surface area contributed by atoms with Gasteiger partial charge in [-0.05, 0) is 33.8 Å². The van der Waals surface area contributed by atoms with Gasteiger partial charge in [0, 0.05) is 18.0 Å². The molecule has 0 atom stereocenters. The van der Waals surface area contributed by atoms with Crippen LogP contribution in [0.15, 0.2) is 24.4 Å². The minimum absolute atomic E-state index is 0.306. The van der Waals surface area contributed by atoms with Crippen molar-refractivity contribution in [3.63, 3.8) is 0 Å². The lowest BCUT2D eigenvalue weighted by molar-refractivity contribution is -0.0895. The van der Waals surface area contributed by atoms with E-state index in [0.717, 1.165) is 16.5 Å². The lowest BCUT2D eigenvalue weighted by Gasteiger charge is -2.30. The fourth-order valence-corrected chi connectivity index (χ4v) is 2.29. The lowest BCUT2D eigenvalue weighted by atomic mass is 9.90. The highest BCUT2D eigenvalue weighted by molar-refractivity contribution is 5.79. The predicted octanol–water partition coefficient (Wildman–Crippen LogP) is 3.18. The van der Waals surface area contributed by atoms with Crippen LogP contribution in [-0.2, 0) is 16.5 Å². The maximum atomic E-state index is 6.06. The van der Waals surface area contributed by atoms with Crippen molar-refractivity contribution in [2.24, 2.45) is 7.05 Å². The van der Waals surface area contributed by atoms with Gasteiger partial charge in [0.15, 0.2) is 6.29 Å². The molecule has 1 aromatic carbocycles. The molecular formula is C15H20N2O2. The minimum atomic E-state index is -0.315. The number of fused-ring (bicyclic) bond motifs is 1. The third kappa shape index (κ3) is 1.86. The van der Waals surface area contributed by atoms with Gasteiger partial charge in [0.25, 0.3) is 0 Å². The second-order valence-corrected chi connectivity index (χ2v) is 6.17. The molecule has 1 aromatic heterocycles. The molecule has 0 saturated carbocycles. The van der Waals surface area contributed by atoms with E-state index in [1.54, 1.807) is 0 Å². The van der Waals surface area contributed by atoms with Crippen molar-refractivity contribution in [3.8, 4) is 0 Å². The first-order valence-corrected chi connectivity index (χ1v) is 6.57. The summed E-state index contributed by atoms with van der Waals surface area (Å²) in [5, 5.41) is 5.38. The number of aromatic nitrogens is 2. The molecule has 0 unspecified atom stereocenters. The van der Waals surface area contributed by atoms with Crippen LogP contribution in [0.2, 0.25) is 0 Å². The number of hydrogen-bond acceptors (Lipinski definition) is 3. The summed E-state index contributed by atoms with van der Waals surface area (Å²) in [4.78, 5) is 0. The SMILES string of the molecule is Cn1ncc2ccc(C3OC(C)(C)C(C)(C)O3)cc21. The summed E-state index contributed by atoms with van der Waals surface area (Å²) in [5.41, 5.74) is 1.51. The smallest absolute Gasteiger partial charge is 0.185 e. The maximum Gasteiger partial charge on any atom is 0.185 e. The molecule has 0 radical (unpaired) electrons. The number of aryl methyl sites for hydroxylation is 1. The van der Waals surface area contributed by atoms with Crippen LogP contribution in [-0.4, -0.2) is 21.0 Å². The first-order chi connectivity index (χ1) is 8.80. The van der Waals surface area contributed by atoms with Gasteiger partial charge in [0.1, 0.15) is 0 Å². The number of nitrogens with zero attached hydrogens (tertiary/aromatic N) is 2. The fraction of sp³-hybridized carbons (Fsp3) is 0.533. The van der Waals surface area contributed by atoms with Crippen LogP contribution < -0.4 is 0 Å². The molecule has 102 valence electrons. The molecule has 1 aliphatic rings. The number of ether oxygens (including phenoxy) is 2. The Balaban J connectivity index is 2.00. The molecule has 0 spiro atoms. The molecule has 1 aliphatic heterocycles. The Morgan fingerprint density at radius 2 is 1.74 bits per heavy atom. The molecule has 4 nitrogen and oxygen atoms in total. The highest BCUT2D eigenvalue weighted by atomic mass is 16.7. The van der Waals surface area contributed by atoms with Crippen molar-refractivity contribution in [1.82, 2.24) is 9.78 Å². The third-order valence-corrected chi connectivity index (χ3v) is 4.30. The molecule has 1 fully saturated rings. The standard InChI is InChI=1S/C15H20N2O2/c1-14(2)15(3,4)19-13(18-14)10-6-7-11-9-16-17(5)12(11)8-10/h6-9,13H,1-5H3. The zero-order chi connectivity index (χ0) is 13.8. The molecule has 19 heavy (non-hydrogen) atoms. The summed E-state index contributed by atoms with van der Waals surface area (Å²) in [6.07, 6.45) is 1.55. The summed E-state index contributed by atoms with van der Waals surface area (Å²) in [6, 6.07) is 6.19. The highest BCUT2D eigenvalue weighted by Crippen LogP contribution is 2.44. The van der Waals surface area contributed by atoms with Crippen molar-refractivity contribution in [3.05, 3.63) is 30.0 Å². The predicted molar refractivity (Wildman–Crippen MR) is 73.8 cm³/mol. The van der Waals surface area contributed by atoms with Crippen LogP contribution in [0.25, 0.3) is 10.9 Å². The average Bonchev–Trinajstić information content (AvgIpc) is 2.78. The molecule has 0 N–H and O–H groups in total. The van der Waals surface area contributed by atoms with E-state index in [9.17, 15) is 0 Å². The van der Waals surface area contributed by atoms with Gasteiger partial charge in [-0.1, -0.05) is 12.1 Å². The van der Waals surface area contributed by atoms with E-state index in [0.29, 0.717) is 0 Å². The zero-order valence-corrected chi connectivity index (χ0v) is 12.1. The Morgan fingerprint density at radius 3 is 2.37 bits per heavy atom. The first kappa shape index (κ1) is 12.6. The number of hydrogen-bond donors (Lipinski definition) is 0. The van der Waals surface area contributed by atoms with Crippen molar-refractivity contribution in [2.45, 2.75) is 45.2 Å². The van der Waals surface area contributed by atoms with Gasteiger partial charge >= 0.3 is 0 Å². The van der Waals surface area contributed by atoms with Gasteiger partial charge in [-0.3, -0.25) is 4.68 Å². The van der Waals surface area contributed by atoms with Crippen molar-refractivity contribution >= 4 is 10.9 Å². The van der Waals surface area contributed by atoms with E-state index in [2.05, 4.69) is 44.9 Å². The van der Waals surface area contributed by atoms with Crippen LogP contribution in [0.1, 0.15) is 39.5 Å². The quantitative estimate of drug-likeness (QED) is 0.790. The van der Waals surface area contributed by atoms with Crippen LogP contribution >= 0.6 is 0 Å². The van der Waals surface area contributed by atoms with Crippen molar-refractivity contribution < 1.29 is 9.47 Å². The van der Waals surface area contributed by atoms with Crippen LogP contribution in [0.5, 0.6) is 0 Å². The van der Waals surface area contributed by atoms with Crippen molar-refractivity contribution in [2.75, 3.05) is 0 Å². The summed E-state index contributed by atoms with van der Waals surface area (Å²) >= 11 is 0. The Kier molecular flexibility index (Phi) is 2.53. The molecule has 4 heteroatoms. The molecule has 1 saturated heterocycles. The molecule has 2 aromatic rings. The number of rotatable bonds is 1. The Morgan fingerprint density at radius 1 is 1.11 bits per heavy atom. The zero-order valence-electron chi connectivity index (χ0n) is 12.1. The fourth-order valence-electron chi connectivity index (χ4n) is 2.29. The average molecular weight is 260 g/mol. The molecular weight excluding hydrogens is 240 g/mol. The van der Waals surface area contributed by atoms with E-state index in [-0.39, 0.29) is 17.5 Å². The van der Waals surface area contributed by atoms with E-state index in [1.807, 2.05) is 24.0 Å². The van der Waals surface area contributed by atoms with E-state index in [4.69, 9.17) is 9.47 Å². The minimum Gasteiger partial charge on any atom is -0.339 e. The normalized spacial score (nSPS) is 22.2. The molecule has 2 heterocycles. The lowest BCUT2D eigenvalue weighted by Crippen LogP contribution is -2.41. The molecule has 0 bridgehead atoms. The topological polar surface area (TPSA) is 36.3 Å². The van der Waals surface area contributed by atoms with Gasteiger partial charge in [-0.25, -0.2) is 0 Å². The maximum absolute atomic E-state index is 6.06. The second-order valence-electron chi connectivity index (χ2n) is 6.17. The van der Waals surface area contributed by atoms with Crippen LogP contribution in [0.4, 0.5) is 0 Å². The molecule has 0 amide bonds. The van der Waals surface area contributed by atoms with Gasteiger partial charge < -0.3 is 9.47 Å². The van der Waals surface area contributed by atoms with E-state index >= 15 is 0 Å². The van der Waals surface area contributed by atoms with Gasteiger partial charge in [0.2, 0.25) is 0 Å². The Bertz CT molecular complexity index is 612. The largest absolute Gasteiger partial charge is 0.339 e. The molecule has 0 aliphatic carbocycles. The second kappa shape index (κ2) is 3.81. The third-order valence-electron chi connectivity index (χ3n) is 4.30. The first-order valence-electron chi connectivity index (χ1n) is 6.57. The Hall–Kier alpha value is -1.39. The summed E-state index contributed by atoms with van der Waals surface area (Å²) < 4.78 is 14.0. The van der Waals surface area contributed by atoms with Crippen molar-refractivity contribution in [1.29, 1.82) is 0 Å². The van der Waals surface area contributed by atoms with E-state index < -0.39 is 0 Å². The molecule has 3 rings (SSSR count). The summed E-state index contributed by atoms with van der Waals surface area (Å²) in [6.45, 7) is 8.26. The monoisotopic (exact) mass is 260 g/mol. The van der Waals surface area contributed by atoms with Crippen LogP contribution in [0, 0.1) is 0 Å². The van der Waals surface area contributed by atoms with Gasteiger partial charge in [-0.2, -0.15) is 5.10 Å². The van der Waals surface area contributed by atoms with Gasteiger partial charge in [-0.15, -0.1) is 0 Å². The summed E-state index contributed by atoms with van der Waals surface area (Å²) in [5.74, 6) is 0. The van der Waals surface area contributed by atoms with Crippen LogP contribution in [0.3, 0.4) is 0 Å². The number of benzene rings is 1. The van der Waals surface area contributed by atoms with E-state index in [1.165, 1.54) is 0 Å².